The van der Waals surface area contributed by atoms with Crippen molar-refractivity contribution in [3.05, 3.63) is 52.0 Å². The van der Waals surface area contributed by atoms with Gasteiger partial charge in [-0.05, 0) is 29.5 Å². The normalized spacial score (nSPS) is 11.8. The van der Waals surface area contributed by atoms with Gasteiger partial charge in [-0.15, -0.1) is 11.3 Å². The van der Waals surface area contributed by atoms with Crippen LogP contribution in [0.2, 0.25) is 0 Å². The molecule has 0 spiro atoms. The summed E-state index contributed by atoms with van der Waals surface area (Å²) in [6.45, 7) is 2.89. The molecular formula is C18H18F3N3O3S. The van der Waals surface area contributed by atoms with Gasteiger partial charge in [-0.2, -0.15) is 0 Å². The van der Waals surface area contributed by atoms with Crippen LogP contribution in [0, 0.1) is 23.4 Å². The van der Waals surface area contributed by atoms with Crippen LogP contribution in [0.3, 0.4) is 0 Å². The molecule has 0 radical (unpaired) electrons. The lowest BCUT2D eigenvalue weighted by Crippen LogP contribution is -2.50. The lowest BCUT2D eigenvalue weighted by Gasteiger charge is -2.21. The largest absolute Gasteiger partial charge is 0.345 e. The highest BCUT2D eigenvalue weighted by atomic mass is 32.1. The fourth-order valence-electron chi connectivity index (χ4n) is 2.25. The molecule has 2 rings (SSSR count). The molecule has 150 valence electrons. The highest BCUT2D eigenvalue weighted by Crippen LogP contribution is 2.19. The van der Waals surface area contributed by atoms with E-state index >= 15 is 0 Å². The van der Waals surface area contributed by atoms with Gasteiger partial charge in [-0.1, -0.05) is 19.9 Å². The first kappa shape index (κ1) is 21.4. The van der Waals surface area contributed by atoms with Gasteiger partial charge in [0.15, 0.2) is 17.5 Å². The van der Waals surface area contributed by atoms with Gasteiger partial charge in [-0.25, -0.2) is 13.2 Å². The highest BCUT2D eigenvalue weighted by molar-refractivity contribution is 7.12. The quantitative estimate of drug-likeness (QED) is 0.610. The second-order valence-corrected chi connectivity index (χ2v) is 7.11. The zero-order valence-electron chi connectivity index (χ0n) is 15.0. The average Bonchev–Trinajstić information content (AvgIpc) is 3.19. The Bertz CT molecular complexity index is 872. The van der Waals surface area contributed by atoms with Gasteiger partial charge in [0.1, 0.15) is 6.04 Å². The molecule has 1 atom stereocenters. The standard InChI is InChI=1S/C18H18F3N3O3S/c1-9(2)16(24-17(26)12-4-3-7-28-12)18(27)22-8-13(25)23-11-6-5-10(19)14(20)15(11)21/h3-7,9,16H,8H2,1-2H3,(H,22,27)(H,23,25)(H,24,26). The number of hydrogen-bond acceptors (Lipinski definition) is 4. The van der Waals surface area contributed by atoms with E-state index in [0.29, 0.717) is 10.9 Å². The van der Waals surface area contributed by atoms with Crippen molar-refractivity contribution in [1.29, 1.82) is 0 Å². The molecule has 3 amide bonds. The minimum Gasteiger partial charge on any atom is -0.345 e. The number of benzene rings is 1. The Balaban J connectivity index is 1.94. The Kier molecular flexibility index (Phi) is 7.16. The van der Waals surface area contributed by atoms with Gasteiger partial charge in [0.25, 0.3) is 5.91 Å². The molecule has 0 aliphatic carbocycles. The summed E-state index contributed by atoms with van der Waals surface area (Å²) >= 11 is 1.22. The minimum absolute atomic E-state index is 0.268. The van der Waals surface area contributed by atoms with Gasteiger partial charge in [0.2, 0.25) is 11.8 Å². The average molecular weight is 413 g/mol. The Morgan fingerprint density at radius 2 is 1.79 bits per heavy atom. The number of halogens is 3. The van der Waals surface area contributed by atoms with E-state index in [1.807, 2.05) is 5.32 Å². The van der Waals surface area contributed by atoms with Crippen molar-refractivity contribution in [3.63, 3.8) is 0 Å². The van der Waals surface area contributed by atoms with Crippen LogP contribution in [0.5, 0.6) is 0 Å². The van der Waals surface area contributed by atoms with Gasteiger partial charge in [0, 0.05) is 0 Å². The summed E-state index contributed by atoms with van der Waals surface area (Å²) in [7, 11) is 0. The van der Waals surface area contributed by atoms with E-state index in [1.54, 1.807) is 31.4 Å². The number of thiophene rings is 1. The van der Waals surface area contributed by atoms with Crippen LogP contribution in [0.1, 0.15) is 23.5 Å². The van der Waals surface area contributed by atoms with Crippen LogP contribution in [0.25, 0.3) is 0 Å². The molecular weight excluding hydrogens is 395 g/mol. The summed E-state index contributed by atoms with van der Waals surface area (Å²) in [5, 5.41) is 8.69. The Labute approximate surface area is 163 Å². The number of anilines is 1. The monoisotopic (exact) mass is 413 g/mol. The second kappa shape index (κ2) is 9.36. The molecule has 0 fully saturated rings. The number of amides is 3. The number of rotatable bonds is 7. The molecule has 1 aromatic heterocycles. The third-order valence-corrected chi connectivity index (χ3v) is 4.58. The predicted octanol–water partition coefficient (Wildman–Crippen LogP) is 2.67. The van der Waals surface area contributed by atoms with Crippen LogP contribution in [0.4, 0.5) is 18.9 Å². The summed E-state index contributed by atoms with van der Waals surface area (Å²) in [6.07, 6.45) is 0. The van der Waals surface area contributed by atoms with Crippen molar-refractivity contribution < 1.29 is 27.6 Å². The van der Waals surface area contributed by atoms with Gasteiger partial charge in [-0.3, -0.25) is 14.4 Å². The molecule has 1 unspecified atom stereocenters. The molecule has 1 heterocycles. The molecule has 0 saturated heterocycles. The van der Waals surface area contributed by atoms with Gasteiger partial charge in [0.05, 0.1) is 17.1 Å². The predicted molar refractivity (Wildman–Crippen MR) is 98.4 cm³/mol. The van der Waals surface area contributed by atoms with Crippen molar-refractivity contribution in [2.24, 2.45) is 5.92 Å². The van der Waals surface area contributed by atoms with Crippen molar-refractivity contribution in [3.8, 4) is 0 Å². The van der Waals surface area contributed by atoms with E-state index in [4.69, 9.17) is 0 Å². The third kappa shape index (κ3) is 5.32. The number of hydrogen-bond donors (Lipinski definition) is 3. The highest BCUT2D eigenvalue weighted by Gasteiger charge is 2.25. The van der Waals surface area contributed by atoms with Crippen LogP contribution in [0.15, 0.2) is 29.6 Å². The summed E-state index contributed by atoms with van der Waals surface area (Å²) in [6, 6.07) is 3.94. The van der Waals surface area contributed by atoms with E-state index in [-0.39, 0.29) is 5.92 Å². The van der Waals surface area contributed by atoms with E-state index < -0.39 is 53.4 Å². The molecule has 3 N–H and O–H groups in total. The summed E-state index contributed by atoms with van der Waals surface area (Å²) in [5.41, 5.74) is -0.551. The van der Waals surface area contributed by atoms with Crippen LogP contribution in [-0.2, 0) is 9.59 Å². The second-order valence-electron chi connectivity index (χ2n) is 6.16. The SMILES string of the molecule is CC(C)C(NC(=O)c1cccs1)C(=O)NCC(=O)Nc1ccc(F)c(F)c1F. The van der Waals surface area contributed by atoms with Crippen LogP contribution in [-0.4, -0.2) is 30.3 Å². The maximum atomic E-state index is 13.6. The van der Waals surface area contributed by atoms with Crippen LogP contribution >= 0.6 is 11.3 Å². The molecule has 28 heavy (non-hydrogen) atoms. The molecule has 1 aromatic carbocycles. The number of carbonyl (C=O) groups is 3. The smallest absolute Gasteiger partial charge is 0.262 e. The maximum Gasteiger partial charge on any atom is 0.262 e. The molecule has 6 nitrogen and oxygen atoms in total. The Hall–Kier alpha value is -2.88. The van der Waals surface area contributed by atoms with Crippen molar-refractivity contribution >= 4 is 34.7 Å². The lowest BCUT2D eigenvalue weighted by atomic mass is 10.0. The molecule has 0 aliphatic rings. The van der Waals surface area contributed by atoms with Crippen LogP contribution < -0.4 is 16.0 Å². The minimum atomic E-state index is -1.71. The summed E-state index contributed by atoms with van der Waals surface area (Å²) in [5.74, 6) is -6.77. The molecule has 10 heteroatoms. The van der Waals surface area contributed by atoms with Gasteiger partial charge < -0.3 is 16.0 Å². The Morgan fingerprint density at radius 1 is 1.07 bits per heavy atom. The Morgan fingerprint density at radius 3 is 2.39 bits per heavy atom. The molecule has 2 aromatic rings. The number of carbonyl (C=O) groups excluding carboxylic acids is 3. The fourth-order valence-corrected chi connectivity index (χ4v) is 2.88. The van der Waals surface area contributed by atoms with E-state index in [0.717, 1.165) is 6.07 Å². The zero-order valence-corrected chi connectivity index (χ0v) is 15.8. The van der Waals surface area contributed by atoms with Crippen molar-refractivity contribution in [2.45, 2.75) is 19.9 Å². The fraction of sp³-hybridized carbons (Fsp3) is 0.278. The third-order valence-electron chi connectivity index (χ3n) is 3.71. The number of nitrogens with one attached hydrogen (secondary N) is 3. The zero-order chi connectivity index (χ0) is 20.8. The topological polar surface area (TPSA) is 87.3 Å². The maximum absolute atomic E-state index is 13.6. The van der Waals surface area contributed by atoms with E-state index in [1.165, 1.54) is 11.3 Å². The van der Waals surface area contributed by atoms with Crippen molar-refractivity contribution in [2.75, 3.05) is 11.9 Å². The first-order chi connectivity index (χ1) is 13.2. The summed E-state index contributed by atoms with van der Waals surface area (Å²) in [4.78, 5) is 36.8. The van der Waals surface area contributed by atoms with E-state index in [2.05, 4.69) is 10.6 Å². The lowest BCUT2D eigenvalue weighted by molar-refractivity contribution is -0.126. The molecule has 0 saturated carbocycles. The van der Waals surface area contributed by atoms with E-state index in [9.17, 15) is 27.6 Å². The molecule has 0 aliphatic heterocycles. The molecule has 0 bridgehead atoms. The van der Waals surface area contributed by atoms with Crippen molar-refractivity contribution in [1.82, 2.24) is 10.6 Å². The first-order valence-corrected chi connectivity index (χ1v) is 9.14. The first-order valence-electron chi connectivity index (χ1n) is 8.26. The van der Waals surface area contributed by atoms with Gasteiger partial charge >= 0.3 is 0 Å². The summed E-state index contributed by atoms with van der Waals surface area (Å²) < 4.78 is 39.7.